The van der Waals surface area contributed by atoms with E-state index in [4.69, 9.17) is 17.3 Å². The highest BCUT2D eigenvalue weighted by atomic mass is 35.5. The largest absolute Gasteiger partial charge is 0.382 e. The van der Waals surface area contributed by atoms with Crippen LogP contribution >= 0.6 is 23.4 Å². The first-order valence-corrected chi connectivity index (χ1v) is 6.31. The number of hydrogen-bond acceptors (Lipinski definition) is 6. The van der Waals surface area contributed by atoms with E-state index >= 15 is 0 Å². The van der Waals surface area contributed by atoms with Gasteiger partial charge in [-0.3, -0.25) is 4.57 Å². The number of aromatic amines is 1. The molecule has 2 aromatic heterocycles. The van der Waals surface area contributed by atoms with Crippen molar-refractivity contribution in [2.24, 2.45) is 0 Å². The summed E-state index contributed by atoms with van der Waals surface area (Å²) in [5.41, 5.74) is 5.31. The molecule has 0 unspecified atom stereocenters. The van der Waals surface area contributed by atoms with E-state index in [0.29, 0.717) is 10.2 Å². The van der Waals surface area contributed by atoms with Gasteiger partial charge in [0.2, 0.25) is 0 Å². The van der Waals surface area contributed by atoms with Crippen LogP contribution < -0.4 is 11.4 Å². The number of nitrogen functional groups attached to an aromatic ring is 1. The van der Waals surface area contributed by atoms with Gasteiger partial charge in [-0.25, -0.2) is 19.9 Å². The maximum atomic E-state index is 11.6. The molecule has 9 heteroatoms. The number of hydrogen-bond donors (Lipinski definition) is 2. The molecule has 0 atom stereocenters. The van der Waals surface area contributed by atoms with Gasteiger partial charge >= 0.3 is 5.69 Å². The summed E-state index contributed by atoms with van der Waals surface area (Å²) in [5, 5.41) is 7.53. The molecule has 0 aliphatic heterocycles. The average Bonchev–Trinajstić information content (AvgIpc) is 2.66. The second-order valence-electron chi connectivity index (χ2n) is 3.76. The van der Waals surface area contributed by atoms with E-state index in [1.165, 1.54) is 10.9 Å². The Balaban J connectivity index is 2.41. The molecule has 0 bridgehead atoms. The standard InChI is InChI=1S/C9H11ClN6OS/c1-4(2)16-8(17)14-15-9(16)18-7-5(10)6(11)12-3-13-7/h3-4H,1-2H3,(H,14,17)(H2,11,12,13). The van der Waals surface area contributed by atoms with Gasteiger partial charge in [-0.1, -0.05) is 11.6 Å². The molecule has 2 heterocycles. The third-order valence-corrected chi connectivity index (χ3v) is 3.62. The summed E-state index contributed by atoms with van der Waals surface area (Å²) in [6, 6.07) is -0.0169. The lowest BCUT2D eigenvalue weighted by molar-refractivity contribution is 0.534. The van der Waals surface area contributed by atoms with Gasteiger partial charge < -0.3 is 5.73 Å². The zero-order valence-corrected chi connectivity index (χ0v) is 11.3. The first-order valence-electron chi connectivity index (χ1n) is 5.11. The number of rotatable bonds is 3. The third kappa shape index (κ3) is 2.34. The quantitative estimate of drug-likeness (QED) is 0.825. The monoisotopic (exact) mass is 286 g/mol. The average molecular weight is 287 g/mol. The van der Waals surface area contributed by atoms with Crippen molar-refractivity contribution in [1.82, 2.24) is 24.7 Å². The second kappa shape index (κ2) is 4.99. The van der Waals surface area contributed by atoms with Crippen LogP contribution in [-0.4, -0.2) is 24.7 Å². The molecule has 18 heavy (non-hydrogen) atoms. The summed E-state index contributed by atoms with van der Waals surface area (Å²) >= 11 is 7.15. The van der Waals surface area contributed by atoms with Crippen molar-refractivity contribution in [3.63, 3.8) is 0 Å². The lowest BCUT2D eigenvalue weighted by Crippen LogP contribution is -2.19. The molecule has 2 aromatic rings. The normalized spacial score (nSPS) is 11.1. The second-order valence-corrected chi connectivity index (χ2v) is 5.09. The summed E-state index contributed by atoms with van der Waals surface area (Å²) in [7, 11) is 0. The molecule has 0 fully saturated rings. The van der Waals surface area contributed by atoms with Crippen LogP contribution in [0, 0.1) is 0 Å². The number of anilines is 1. The van der Waals surface area contributed by atoms with Crippen molar-refractivity contribution in [2.75, 3.05) is 5.73 Å². The maximum Gasteiger partial charge on any atom is 0.344 e. The molecule has 7 nitrogen and oxygen atoms in total. The van der Waals surface area contributed by atoms with Crippen LogP contribution in [0.25, 0.3) is 0 Å². The zero-order valence-electron chi connectivity index (χ0n) is 9.72. The minimum absolute atomic E-state index is 0.0169. The number of aromatic nitrogens is 5. The van der Waals surface area contributed by atoms with Crippen molar-refractivity contribution in [1.29, 1.82) is 0 Å². The zero-order chi connectivity index (χ0) is 13.3. The lowest BCUT2D eigenvalue weighted by atomic mass is 10.4. The van der Waals surface area contributed by atoms with E-state index in [9.17, 15) is 4.79 Å². The van der Waals surface area contributed by atoms with Crippen LogP contribution in [0.4, 0.5) is 5.82 Å². The van der Waals surface area contributed by atoms with Gasteiger partial charge in [0.15, 0.2) is 5.16 Å². The van der Waals surface area contributed by atoms with Crippen molar-refractivity contribution < 1.29 is 0 Å². The molecular weight excluding hydrogens is 276 g/mol. The van der Waals surface area contributed by atoms with Gasteiger partial charge in [0.1, 0.15) is 22.2 Å². The summed E-state index contributed by atoms with van der Waals surface area (Å²) in [6.45, 7) is 3.77. The fourth-order valence-electron chi connectivity index (χ4n) is 1.34. The summed E-state index contributed by atoms with van der Waals surface area (Å²) in [6.07, 6.45) is 1.31. The highest BCUT2D eigenvalue weighted by molar-refractivity contribution is 7.99. The van der Waals surface area contributed by atoms with Gasteiger partial charge in [0.05, 0.1) is 0 Å². The minimum Gasteiger partial charge on any atom is -0.382 e. The van der Waals surface area contributed by atoms with Crippen molar-refractivity contribution in [3.05, 3.63) is 21.8 Å². The van der Waals surface area contributed by atoms with Crippen molar-refractivity contribution in [3.8, 4) is 0 Å². The predicted octanol–water partition coefficient (Wildman–Crippen LogP) is 1.33. The van der Waals surface area contributed by atoms with E-state index in [0.717, 1.165) is 11.8 Å². The fraction of sp³-hybridized carbons (Fsp3) is 0.333. The molecule has 96 valence electrons. The van der Waals surface area contributed by atoms with Crippen LogP contribution in [0.2, 0.25) is 5.02 Å². The lowest BCUT2D eigenvalue weighted by Gasteiger charge is -2.08. The maximum absolute atomic E-state index is 11.6. The molecule has 3 N–H and O–H groups in total. The van der Waals surface area contributed by atoms with E-state index < -0.39 is 0 Å². The van der Waals surface area contributed by atoms with Gasteiger partial charge in [-0.05, 0) is 25.6 Å². The number of nitrogens with two attached hydrogens (primary N) is 1. The van der Waals surface area contributed by atoms with Gasteiger partial charge in [0.25, 0.3) is 0 Å². The highest BCUT2D eigenvalue weighted by Gasteiger charge is 2.16. The number of H-pyrrole nitrogens is 1. The Labute approximate surface area is 112 Å². The summed E-state index contributed by atoms with van der Waals surface area (Å²) < 4.78 is 1.51. The topological polar surface area (TPSA) is 102 Å². The summed E-state index contributed by atoms with van der Waals surface area (Å²) in [4.78, 5) is 19.3. The Kier molecular flexibility index (Phi) is 3.58. The molecule has 0 radical (unpaired) electrons. The Bertz CT molecular complexity index is 622. The van der Waals surface area contributed by atoms with E-state index in [-0.39, 0.29) is 22.6 Å². The van der Waals surface area contributed by atoms with Gasteiger partial charge in [-0.15, -0.1) is 5.10 Å². The Morgan fingerprint density at radius 3 is 2.89 bits per heavy atom. The Morgan fingerprint density at radius 1 is 1.50 bits per heavy atom. The van der Waals surface area contributed by atoms with Crippen LogP contribution in [0.5, 0.6) is 0 Å². The predicted molar refractivity (Wildman–Crippen MR) is 68.8 cm³/mol. The molecule has 0 saturated carbocycles. The molecule has 0 aromatic carbocycles. The molecule has 0 spiro atoms. The highest BCUT2D eigenvalue weighted by Crippen LogP contribution is 2.32. The minimum atomic E-state index is -0.273. The van der Waals surface area contributed by atoms with Crippen LogP contribution in [0.15, 0.2) is 21.3 Å². The number of halogens is 1. The molecule has 2 rings (SSSR count). The van der Waals surface area contributed by atoms with E-state index in [1.54, 1.807) is 0 Å². The van der Waals surface area contributed by atoms with Gasteiger partial charge in [0, 0.05) is 6.04 Å². The first-order chi connectivity index (χ1) is 8.50. The third-order valence-electron chi connectivity index (χ3n) is 2.16. The summed E-state index contributed by atoms with van der Waals surface area (Å²) in [5.74, 6) is 0.197. The smallest absolute Gasteiger partial charge is 0.344 e. The number of nitrogens with one attached hydrogen (secondary N) is 1. The van der Waals surface area contributed by atoms with Gasteiger partial charge in [-0.2, -0.15) is 0 Å². The SMILES string of the molecule is CC(C)n1c(Sc2ncnc(N)c2Cl)n[nH]c1=O. The molecule has 0 aliphatic carbocycles. The van der Waals surface area contributed by atoms with Crippen LogP contribution in [-0.2, 0) is 0 Å². The van der Waals surface area contributed by atoms with E-state index in [1.807, 2.05) is 13.8 Å². The molecule has 0 saturated heterocycles. The molecule has 0 aliphatic rings. The van der Waals surface area contributed by atoms with Crippen LogP contribution in [0.1, 0.15) is 19.9 Å². The van der Waals surface area contributed by atoms with Crippen molar-refractivity contribution >= 4 is 29.2 Å². The van der Waals surface area contributed by atoms with Crippen LogP contribution in [0.3, 0.4) is 0 Å². The number of nitrogens with zero attached hydrogens (tertiary/aromatic N) is 4. The molecule has 0 amide bonds. The first kappa shape index (κ1) is 12.9. The molecular formula is C9H11ClN6OS. The van der Waals surface area contributed by atoms with Crippen molar-refractivity contribution in [2.45, 2.75) is 30.1 Å². The Hall–Kier alpha value is -1.54. The fourth-order valence-corrected chi connectivity index (χ4v) is 2.51. The van der Waals surface area contributed by atoms with E-state index in [2.05, 4.69) is 20.2 Å². The Morgan fingerprint density at radius 2 is 2.22 bits per heavy atom.